The Balaban J connectivity index is 3.11. The molecule has 0 nitrogen and oxygen atoms in total. The summed E-state index contributed by atoms with van der Waals surface area (Å²) >= 11 is 6.11. The van der Waals surface area contributed by atoms with Crippen LogP contribution in [0.15, 0.2) is 24.8 Å². The maximum absolute atomic E-state index is 6.11. The van der Waals surface area contributed by atoms with Gasteiger partial charge in [0, 0.05) is 5.02 Å². The Kier molecular flexibility index (Phi) is 4.09. The van der Waals surface area contributed by atoms with Gasteiger partial charge in [-0.3, -0.25) is 0 Å². The molecular formula is C16H23Cl. The Hall–Kier alpha value is -0.750. The fourth-order valence-electron chi connectivity index (χ4n) is 2.55. The summed E-state index contributed by atoms with van der Waals surface area (Å²) in [6.07, 6.45) is 2.96. The van der Waals surface area contributed by atoms with Crippen LogP contribution in [0.3, 0.4) is 0 Å². The fraction of sp³-hybridized carbons (Fsp3) is 0.500. The van der Waals surface area contributed by atoms with E-state index < -0.39 is 0 Å². The van der Waals surface area contributed by atoms with Crippen molar-refractivity contribution in [2.45, 2.75) is 46.5 Å². The first kappa shape index (κ1) is 14.3. The highest BCUT2D eigenvalue weighted by Gasteiger charge is 2.27. The van der Waals surface area contributed by atoms with Crippen molar-refractivity contribution in [3.8, 4) is 0 Å². The van der Waals surface area contributed by atoms with Crippen LogP contribution in [0.2, 0.25) is 5.02 Å². The van der Waals surface area contributed by atoms with Gasteiger partial charge in [0.15, 0.2) is 0 Å². The molecule has 1 aromatic rings. The molecule has 0 spiro atoms. The average molecular weight is 251 g/mol. The number of hydrogen-bond acceptors (Lipinski definition) is 0. The summed E-state index contributed by atoms with van der Waals surface area (Å²) in [5, 5.41) is 0.773. The molecule has 17 heavy (non-hydrogen) atoms. The highest BCUT2D eigenvalue weighted by Crippen LogP contribution is 2.37. The zero-order valence-corrected chi connectivity index (χ0v) is 12.4. The summed E-state index contributed by atoms with van der Waals surface area (Å²) in [6.45, 7) is 15.2. The van der Waals surface area contributed by atoms with E-state index in [1.165, 1.54) is 5.56 Å². The lowest BCUT2D eigenvalue weighted by molar-refractivity contribution is 0.284. The first-order valence-electron chi connectivity index (χ1n) is 6.08. The highest BCUT2D eigenvalue weighted by molar-refractivity contribution is 6.32. The lowest BCUT2D eigenvalue weighted by atomic mass is 9.72. The van der Waals surface area contributed by atoms with Crippen molar-refractivity contribution < 1.29 is 0 Å². The molecule has 0 aliphatic rings. The molecule has 0 aromatic heterocycles. The van der Waals surface area contributed by atoms with Crippen LogP contribution >= 0.6 is 11.6 Å². The monoisotopic (exact) mass is 250 g/mol. The predicted octanol–water partition coefficient (Wildman–Crippen LogP) is 5.70. The van der Waals surface area contributed by atoms with Gasteiger partial charge < -0.3 is 0 Å². The Morgan fingerprint density at radius 1 is 1.18 bits per heavy atom. The summed E-state index contributed by atoms with van der Waals surface area (Å²) in [5.41, 5.74) is 2.82. The molecule has 1 rings (SSSR count). The van der Waals surface area contributed by atoms with Gasteiger partial charge in [-0.05, 0) is 40.5 Å². The van der Waals surface area contributed by atoms with E-state index in [-0.39, 0.29) is 5.41 Å². The van der Waals surface area contributed by atoms with Gasteiger partial charge in [0.25, 0.3) is 0 Å². The molecule has 0 saturated carbocycles. The Morgan fingerprint density at radius 2 is 1.76 bits per heavy atom. The van der Waals surface area contributed by atoms with Crippen molar-refractivity contribution in [2.75, 3.05) is 0 Å². The van der Waals surface area contributed by atoms with E-state index in [1.54, 1.807) is 0 Å². The van der Waals surface area contributed by atoms with Crippen LogP contribution in [0, 0.1) is 5.41 Å². The first-order valence-corrected chi connectivity index (χ1v) is 6.46. The lowest BCUT2D eigenvalue weighted by Gasteiger charge is -2.33. The van der Waals surface area contributed by atoms with Crippen LogP contribution in [-0.2, 0) is 5.41 Å². The van der Waals surface area contributed by atoms with Crippen LogP contribution in [0.5, 0.6) is 0 Å². The molecule has 0 N–H and O–H groups in total. The molecular weight excluding hydrogens is 228 g/mol. The molecule has 0 aliphatic heterocycles. The number of halogens is 1. The van der Waals surface area contributed by atoms with Crippen molar-refractivity contribution in [3.05, 3.63) is 40.9 Å². The zero-order chi connectivity index (χ0) is 13.3. The van der Waals surface area contributed by atoms with Crippen molar-refractivity contribution >= 4 is 17.7 Å². The van der Waals surface area contributed by atoms with Gasteiger partial charge in [-0.15, -0.1) is 0 Å². The summed E-state index contributed by atoms with van der Waals surface area (Å²) in [5.74, 6) is 0. The summed E-state index contributed by atoms with van der Waals surface area (Å²) in [4.78, 5) is 0. The third-order valence-electron chi connectivity index (χ3n) is 2.97. The average Bonchev–Trinajstić information content (AvgIpc) is 2.14. The second-order valence-corrected chi connectivity index (χ2v) is 6.97. The van der Waals surface area contributed by atoms with Crippen LogP contribution in [0.4, 0.5) is 0 Å². The van der Waals surface area contributed by atoms with Gasteiger partial charge in [-0.2, -0.15) is 0 Å². The Labute approximate surface area is 111 Å². The minimum absolute atomic E-state index is 0.153. The highest BCUT2D eigenvalue weighted by atomic mass is 35.5. The molecule has 0 unspecified atom stereocenters. The van der Waals surface area contributed by atoms with E-state index in [2.05, 4.69) is 53.3 Å². The van der Waals surface area contributed by atoms with Crippen LogP contribution in [0.25, 0.3) is 6.08 Å². The molecule has 1 heteroatoms. The second kappa shape index (κ2) is 4.86. The molecule has 0 aliphatic carbocycles. The second-order valence-electron chi connectivity index (χ2n) is 6.56. The van der Waals surface area contributed by atoms with Crippen molar-refractivity contribution in [1.82, 2.24) is 0 Å². The van der Waals surface area contributed by atoms with E-state index in [0.29, 0.717) is 5.41 Å². The number of rotatable bonds is 3. The smallest absolute Gasteiger partial charge is 0.0478 e. The molecule has 0 heterocycles. The molecule has 0 bridgehead atoms. The topological polar surface area (TPSA) is 0 Å². The van der Waals surface area contributed by atoms with E-state index in [4.69, 9.17) is 11.6 Å². The molecule has 94 valence electrons. The third-order valence-corrected chi connectivity index (χ3v) is 3.31. The first-order chi connectivity index (χ1) is 7.65. The minimum Gasteiger partial charge on any atom is -0.0984 e. The molecule has 0 fully saturated rings. The van der Waals surface area contributed by atoms with Gasteiger partial charge in [0.2, 0.25) is 0 Å². The van der Waals surface area contributed by atoms with Gasteiger partial charge in [-0.1, -0.05) is 64.9 Å². The Morgan fingerprint density at radius 3 is 2.24 bits per heavy atom. The maximum Gasteiger partial charge on any atom is 0.0478 e. The summed E-state index contributed by atoms with van der Waals surface area (Å²) < 4.78 is 0. The van der Waals surface area contributed by atoms with Crippen LogP contribution in [-0.4, -0.2) is 0 Å². The third kappa shape index (κ3) is 3.89. The predicted molar refractivity (Wildman–Crippen MR) is 78.6 cm³/mol. The van der Waals surface area contributed by atoms with Crippen molar-refractivity contribution in [2.24, 2.45) is 5.41 Å². The van der Waals surface area contributed by atoms with Crippen molar-refractivity contribution in [1.29, 1.82) is 0 Å². The molecule has 0 atom stereocenters. The summed E-state index contributed by atoms with van der Waals surface area (Å²) in [6, 6.07) is 6.25. The van der Waals surface area contributed by atoms with Crippen LogP contribution in [0.1, 0.15) is 52.2 Å². The van der Waals surface area contributed by atoms with Gasteiger partial charge in [-0.25, -0.2) is 0 Å². The molecule has 0 radical (unpaired) electrons. The van der Waals surface area contributed by atoms with E-state index in [0.717, 1.165) is 17.0 Å². The van der Waals surface area contributed by atoms with Gasteiger partial charge in [0.05, 0.1) is 0 Å². The lowest BCUT2D eigenvalue weighted by Crippen LogP contribution is -2.24. The fourth-order valence-corrected chi connectivity index (χ4v) is 2.74. The van der Waals surface area contributed by atoms with Gasteiger partial charge >= 0.3 is 0 Å². The van der Waals surface area contributed by atoms with Crippen molar-refractivity contribution in [3.63, 3.8) is 0 Å². The Bertz CT molecular complexity index is 408. The molecule has 0 amide bonds. The summed E-state index contributed by atoms with van der Waals surface area (Å²) in [7, 11) is 0. The zero-order valence-electron chi connectivity index (χ0n) is 11.6. The largest absolute Gasteiger partial charge is 0.0984 e. The maximum atomic E-state index is 6.11. The number of benzene rings is 1. The van der Waals surface area contributed by atoms with E-state index >= 15 is 0 Å². The molecule has 0 saturated heterocycles. The minimum atomic E-state index is 0.153. The standard InChI is InChI=1S/C16H23Cl/c1-7-12-10-13(8-9-14(12)17)16(5,6)11-15(2,3)4/h7-10H,1,11H2,2-6H3. The van der Waals surface area contributed by atoms with E-state index in [9.17, 15) is 0 Å². The van der Waals surface area contributed by atoms with Crippen LogP contribution < -0.4 is 0 Å². The normalized spacial score (nSPS) is 12.6. The SMILES string of the molecule is C=Cc1cc(C(C)(C)CC(C)(C)C)ccc1Cl. The van der Waals surface area contributed by atoms with Gasteiger partial charge in [0.1, 0.15) is 0 Å². The molecule has 1 aromatic carbocycles. The number of hydrogen-bond donors (Lipinski definition) is 0. The van der Waals surface area contributed by atoms with E-state index in [1.807, 2.05) is 12.1 Å². The quantitative estimate of drug-likeness (QED) is 0.646.